The lowest BCUT2D eigenvalue weighted by Gasteiger charge is -2.29. The summed E-state index contributed by atoms with van der Waals surface area (Å²) in [6, 6.07) is 6.65. The average molecular weight is 236 g/mol. The van der Waals surface area contributed by atoms with Gasteiger partial charge in [-0.15, -0.1) is 0 Å². The number of hydrogen-bond donors (Lipinski definition) is 1. The molecule has 1 heterocycles. The van der Waals surface area contributed by atoms with Crippen molar-refractivity contribution in [3.05, 3.63) is 34.3 Å². The van der Waals surface area contributed by atoms with Crippen molar-refractivity contribution in [2.24, 2.45) is 5.92 Å². The van der Waals surface area contributed by atoms with Crippen molar-refractivity contribution in [2.45, 2.75) is 31.6 Å². The van der Waals surface area contributed by atoms with Crippen molar-refractivity contribution in [3.8, 4) is 0 Å². The molecule has 1 nitrogen and oxygen atoms in total. The maximum absolute atomic E-state index is 6.26. The highest BCUT2D eigenvalue weighted by molar-refractivity contribution is 6.31. The molecule has 1 N–H and O–H groups in total. The minimum Gasteiger partial charge on any atom is -0.316 e. The topological polar surface area (TPSA) is 12.0 Å². The van der Waals surface area contributed by atoms with Crippen LogP contribution in [-0.4, -0.2) is 13.1 Å². The summed E-state index contributed by atoms with van der Waals surface area (Å²) in [5, 5.41) is 4.48. The van der Waals surface area contributed by atoms with Crippen LogP contribution in [0.4, 0.5) is 0 Å². The normalized spacial score (nSPS) is 33.0. The molecule has 2 heteroatoms. The lowest BCUT2D eigenvalue weighted by Crippen LogP contribution is -2.30. The number of hydrogen-bond acceptors (Lipinski definition) is 1. The number of nitrogens with one attached hydrogen (secondary N) is 1. The Bertz CT molecular complexity index is 403. The molecule has 0 bridgehead atoms. The molecule has 1 aliphatic carbocycles. The number of rotatable bonds is 1. The molecule has 0 radical (unpaired) electrons. The van der Waals surface area contributed by atoms with Gasteiger partial charge in [-0.1, -0.05) is 30.2 Å². The largest absolute Gasteiger partial charge is 0.316 e. The van der Waals surface area contributed by atoms with Gasteiger partial charge in [0.05, 0.1) is 0 Å². The van der Waals surface area contributed by atoms with E-state index in [2.05, 4.69) is 30.4 Å². The molecule has 2 aliphatic rings. The lowest BCUT2D eigenvalue weighted by atomic mass is 9.74. The summed E-state index contributed by atoms with van der Waals surface area (Å²) in [7, 11) is 0. The van der Waals surface area contributed by atoms with Gasteiger partial charge in [-0.25, -0.2) is 0 Å². The molecule has 16 heavy (non-hydrogen) atoms. The van der Waals surface area contributed by atoms with Gasteiger partial charge in [-0.2, -0.15) is 0 Å². The van der Waals surface area contributed by atoms with E-state index in [1.807, 2.05) is 0 Å². The molecule has 3 rings (SSSR count). The third-order valence-electron chi connectivity index (χ3n) is 4.53. The van der Waals surface area contributed by atoms with Crippen LogP contribution in [0.1, 0.15) is 30.4 Å². The van der Waals surface area contributed by atoms with Crippen LogP contribution in [0.15, 0.2) is 18.2 Å². The molecule has 86 valence electrons. The van der Waals surface area contributed by atoms with Crippen molar-refractivity contribution in [3.63, 3.8) is 0 Å². The second kappa shape index (κ2) is 3.75. The van der Waals surface area contributed by atoms with E-state index >= 15 is 0 Å². The zero-order valence-electron chi connectivity index (χ0n) is 9.72. The van der Waals surface area contributed by atoms with Crippen LogP contribution in [0.25, 0.3) is 0 Å². The first-order valence-corrected chi connectivity index (χ1v) is 6.57. The molecule has 1 aromatic rings. The molecule has 0 aromatic heterocycles. The van der Waals surface area contributed by atoms with Gasteiger partial charge in [-0.05, 0) is 49.4 Å². The highest BCUT2D eigenvalue weighted by Gasteiger charge is 2.47. The fraction of sp³-hybridized carbons (Fsp3) is 0.571. The van der Waals surface area contributed by atoms with Crippen LogP contribution in [0.3, 0.4) is 0 Å². The van der Waals surface area contributed by atoms with Crippen LogP contribution >= 0.6 is 11.6 Å². The van der Waals surface area contributed by atoms with Gasteiger partial charge in [0.15, 0.2) is 0 Å². The van der Waals surface area contributed by atoms with E-state index in [0.717, 1.165) is 17.5 Å². The summed E-state index contributed by atoms with van der Waals surface area (Å²) in [6.07, 6.45) is 4.07. The van der Waals surface area contributed by atoms with Crippen molar-refractivity contribution in [1.82, 2.24) is 5.32 Å². The zero-order valence-corrected chi connectivity index (χ0v) is 10.5. The highest BCUT2D eigenvalue weighted by atomic mass is 35.5. The van der Waals surface area contributed by atoms with Gasteiger partial charge >= 0.3 is 0 Å². The molecule has 0 spiro atoms. The lowest BCUT2D eigenvalue weighted by molar-refractivity contribution is 0.402. The zero-order chi connectivity index (χ0) is 11.2. The predicted octanol–water partition coefficient (Wildman–Crippen LogP) is 3.29. The Balaban J connectivity index is 2.04. The molecule has 1 saturated carbocycles. The molecule has 0 amide bonds. The third-order valence-corrected chi connectivity index (χ3v) is 4.94. The Hall–Kier alpha value is -0.530. The average Bonchev–Trinajstić information content (AvgIpc) is 2.81. The number of halogens is 1. The quantitative estimate of drug-likeness (QED) is 0.788. The van der Waals surface area contributed by atoms with E-state index in [0.29, 0.717) is 5.41 Å². The second-order valence-electron chi connectivity index (χ2n) is 5.34. The number of fused-ring (bicyclic) bond motifs is 1. The van der Waals surface area contributed by atoms with Gasteiger partial charge in [0.1, 0.15) is 0 Å². The number of aryl methyl sites for hydroxylation is 1. The molecule has 1 aliphatic heterocycles. The summed E-state index contributed by atoms with van der Waals surface area (Å²) < 4.78 is 0. The maximum Gasteiger partial charge on any atom is 0.0438 e. The van der Waals surface area contributed by atoms with Crippen molar-refractivity contribution < 1.29 is 0 Å². The van der Waals surface area contributed by atoms with E-state index in [9.17, 15) is 0 Å². The standard InChI is InChI=1S/C14H18ClN/c1-10-4-5-11(7-13(10)15)14-6-2-3-12(14)8-16-9-14/h4-5,7,12,16H,2-3,6,8-9H2,1H3/t12-,14+/m1/s1. The molecule has 2 fully saturated rings. The van der Waals surface area contributed by atoms with Crippen molar-refractivity contribution >= 4 is 11.6 Å². The fourth-order valence-electron chi connectivity index (χ4n) is 3.53. The van der Waals surface area contributed by atoms with E-state index in [-0.39, 0.29) is 0 Å². The van der Waals surface area contributed by atoms with Crippen molar-refractivity contribution in [1.29, 1.82) is 0 Å². The minimum atomic E-state index is 0.386. The van der Waals surface area contributed by atoms with Gasteiger partial charge < -0.3 is 5.32 Å². The monoisotopic (exact) mass is 235 g/mol. The Labute approximate surface area is 102 Å². The predicted molar refractivity (Wildman–Crippen MR) is 68.1 cm³/mol. The Morgan fingerprint density at radius 2 is 2.31 bits per heavy atom. The smallest absolute Gasteiger partial charge is 0.0438 e. The first kappa shape index (κ1) is 10.6. The summed E-state index contributed by atoms with van der Waals surface area (Å²) in [6.45, 7) is 4.39. The third kappa shape index (κ3) is 1.42. The van der Waals surface area contributed by atoms with Crippen LogP contribution in [0.5, 0.6) is 0 Å². The van der Waals surface area contributed by atoms with Gasteiger partial charge in [0, 0.05) is 17.0 Å². The second-order valence-corrected chi connectivity index (χ2v) is 5.75. The summed E-state index contributed by atoms with van der Waals surface area (Å²) in [5.41, 5.74) is 3.02. The summed E-state index contributed by atoms with van der Waals surface area (Å²) in [4.78, 5) is 0. The van der Waals surface area contributed by atoms with Gasteiger partial charge in [0.2, 0.25) is 0 Å². The van der Waals surface area contributed by atoms with E-state index in [1.165, 1.54) is 36.9 Å². The van der Waals surface area contributed by atoms with Crippen LogP contribution in [0.2, 0.25) is 5.02 Å². The van der Waals surface area contributed by atoms with Crippen molar-refractivity contribution in [2.75, 3.05) is 13.1 Å². The van der Waals surface area contributed by atoms with Crippen LogP contribution in [-0.2, 0) is 5.41 Å². The van der Waals surface area contributed by atoms with Gasteiger partial charge in [0.25, 0.3) is 0 Å². The van der Waals surface area contributed by atoms with Gasteiger partial charge in [-0.3, -0.25) is 0 Å². The first-order valence-electron chi connectivity index (χ1n) is 6.20. The molecule has 1 aromatic carbocycles. The Morgan fingerprint density at radius 3 is 3.12 bits per heavy atom. The molecule has 1 saturated heterocycles. The van der Waals surface area contributed by atoms with E-state index in [4.69, 9.17) is 11.6 Å². The molecular formula is C14H18ClN. The number of benzene rings is 1. The van der Waals surface area contributed by atoms with E-state index < -0.39 is 0 Å². The summed E-state index contributed by atoms with van der Waals surface area (Å²) >= 11 is 6.26. The van der Waals surface area contributed by atoms with E-state index in [1.54, 1.807) is 0 Å². The minimum absolute atomic E-state index is 0.386. The first-order chi connectivity index (χ1) is 7.72. The van der Waals surface area contributed by atoms with Crippen LogP contribution < -0.4 is 5.32 Å². The highest BCUT2D eigenvalue weighted by Crippen LogP contribution is 2.48. The maximum atomic E-state index is 6.26. The molecule has 2 atom stereocenters. The molecular weight excluding hydrogens is 218 g/mol. The Morgan fingerprint density at radius 1 is 1.44 bits per heavy atom. The molecule has 0 unspecified atom stereocenters. The van der Waals surface area contributed by atoms with Crippen LogP contribution in [0, 0.1) is 12.8 Å². The SMILES string of the molecule is Cc1ccc([C@@]23CCC[C@@H]2CNC3)cc1Cl. The Kier molecular flexibility index (Phi) is 2.49. The fourth-order valence-corrected chi connectivity index (χ4v) is 3.71. The summed E-state index contributed by atoms with van der Waals surface area (Å²) in [5.74, 6) is 0.825.